The molecule has 3 aromatic rings. The van der Waals surface area contributed by atoms with Crippen LogP contribution in [0.1, 0.15) is 28.9 Å². The normalized spacial score (nSPS) is 17.4. The van der Waals surface area contributed by atoms with Crippen molar-refractivity contribution in [1.29, 1.82) is 0 Å². The second-order valence-electron chi connectivity index (χ2n) is 9.33. The molecule has 11 nitrogen and oxygen atoms in total. The minimum absolute atomic E-state index is 0.115. The lowest BCUT2D eigenvalue weighted by Crippen LogP contribution is -2.42. The van der Waals surface area contributed by atoms with Crippen molar-refractivity contribution in [2.45, 2.75) is 25.4 Å². The number of thiophene rings is 1. The zero-order chi connectivity index (χ0) is 27.4. The highest BCUT2D eigenvalue weighted by atomic mass is 35.5. The second-order valence-corrected chi connectivity index (χ2v) is 10.7. The van der Waals surface area contributed by atoms with Crippen LogP contribution in [0, 0.1) is 0 Å². The standard InChI is InChI=1S/C26H30ClN7O4S/c1-28-24(35)22-19(8-12-39-22)31-23-18(27)14-29-25(32-23)30-16-6-7-20-21(13-16)37-11-4-10-34(20)26(36)38-17-5-3-9-33(2)15-17/h6-8,12-14,17H,3-5,9-11,15H2,1-2H3,(H,28,35)(H2,29,30,31,32). The first kappa shape index (κ1) is 27.0. The fraction of sp³-hybridized carbons (Fsp3) is 0.385. The summed E-state index contributed by atoms with van der Waals surface area (Å²) in [7, 11) is 3.62. The summed E-state index contributed by atoms with van der Waals surface area (Å²) in [6.45, 7) is 2.75. The molecule has 5 rings (SSSR count). The van der Waals surface area contributed by atoms with Crippen molar-refractivity contribution >= 4 is 63.8 Å². The summed E-state index contributed by atoms with van der Waals surface area (Å²) in [5, 5.41) is 11.0. The van der Waals surface area contributed by atoms with Gasteiger partial charge in [0.15, 0.2) is 5.82 Å². The first-order valence-corrected chi connectivity index (χ1v) is 14.0. The highest BCUT2D eigenvalue weighted by molar-refractivity contribution is 7.12. The molecule has 0 bridgehead atoms. The molecule has 2 aliphatic heterocycles. The second kappa shape index (κ2) is 12.1. The van der Waals surface area contributed by atoms with Gasteiger partial charge in [-0.3, -0.25) is 9.69 Å². The highest BCUT2D eigenvalue weighted by Crippen LogP contribution is 2.36. The molecule has 2 aliphatic rings. The Bertz CT molecular complexity index is 1350. The Balaban J connectivity index is 1.31. The van der Waals surface area contributed by atoms with Gasteiger partial charge in [0.25, 0.3) is 5.91 Å². The summed E-state index contributed by atoms with van der Waals surface area (Å²) in [4.78, 5) is 38.3. The van der Waals surface area contributed by atoms with Gasteiger partial charge in [-0.15, -0.1) is 11.3 Å². The van der Waals surface area contributed by atoms with E-state index in [1.165, 1.54) is 17.5 Å². The van der Waals surface area contributed by atoms with Crippen molar-refractivity contribution in [3.05, 3.63) is 45.7 Å². The monoisotopic (exact) mass is 571 g/mol. The maximum atomic E-state index is 13.1. The van der Waals surface area contributed by atoms with E-state index in [4.69, 9.17) is 21.1 Å². The number of piperidine rings is 1. The molecule has 3 N–H and O–H groups in total. The number of nitrogens with zero attached hydrogens (tertiary/aromatic N) is 4. The van der Waals surface area contributed by atoms with Crippen LogP contribution >= 0.6 is 22.9 Å². The van der Waals surface area contributed by atoms with Gasteiger partial charge in [-0.2, -0.15) is 4.98 Å². The van der Waals surface area contributed by atoms with E-state index in [0.29, 0.717) is 64.1 Å². The Morgan fingerprint density at radius 1 is 1.21 bits per heavy atom. The fourth-order valence-corrected chi connectivity index (χ4v) is 5.47. The number of likely N-dealkylation sites (N-methyl/N-ethyl adjacent to an activating group) is 1. The van der Waals surface area contributed by atoms with Crippen molar-refractivity contribution in [2.75, 3.05) is 55.9 Å². The van der Waals surface area contributed by atoms with Crippen molar-refractivity contribution in [3.8, 4) is 5.75 Å². The van der Waals surface area contributed by atoms with E-state index >= 15 is 0 Å². The summed E-state index contributed by atoms with van der Waals surface area (Å²) >= 11 is 7.65. The van der Waals surface area contributed by atoms with Crippen LogP contribution in [-0.2, 0) is 4.74 Å². The number of likely N-dealkylation sites (tertiary alicyclic amines) is 1. The highest BCUT2D eigenvalue weighted by Gasteiger charge is 2.28. The van der Waals surface area contributed by atoms with Gasteiger partial charge < -0.3 is 30.3 Å². The van der Waals surface area contributed by atoms with Crippen molar-refractivity contribution in [1.82, 2.24) is 20.2 Å². The summed E-state index contributed by atoms with van der Waals surface area (Å²) in [6.07, 6.45) is 3.57. The molecule has 2 amide bonds. The lowest BCUT2D eigenvalue weighted by atomic mass is 10.1. The number of fused-ring (bicyclic) bond motifs is 1. The van der Waals surface area contributed by atoms with Crippen LogP contribution < -0.4 is 25.6 Å². The molecule has 206 valence electrons. The molecular weight excluding hydrogens is 542 g/mol. The van der Waals surface area contributed by atoms with Crippen molar-refractivity contribution < 1.29 is 19.1 Å². The molecule has 0 aliphatic carbocycles. The number of carbonyl (C=O) groups excluding carboxylic acids is 2. The third kappa shape index (κ3) is 6.35. The molecule has 0 spiro atoms. The summed E-state index contributed by atoms with van der Waals surface area (Å²) in [6, 6.07) is 7.25. The Kier molecular flexibility index (Phi) is 8.34. The minimum atomic E-state index is -0.357. The van der Waals surface area contributed by atoms with Crippen LogP contribution in [0.25, 0.3) is 0 Å². The van der Waals surface area contributed by atoms with Gasteiger partial charge in [-0.05, 0) is 56.4 Å². The predicted molar refractivity (Wildman–Crippen MR) is 152 cm³/mol. The Hall–Kier alpha value is -3.61. The van der Waals surface area contributed by atoms with Gasteiger partial charge in [-0.1, -0.05) is 11.6 Å². The van der Waals surface area contributed by atoms with Gasteiger partial charge in [0.05, 0.1) is 24.2 Å². The number of halogens is 1. The molecule has 1 saturated heterocycles. The first-order valence-electron chi connectivity index (χ1n) is 12.7. The van der Waals surface area contributed by atoms with Gasteiger partial charge in [0, 0.05) is 31.9 Å². The summed E-state index contributed by atoms with van der Waals surface area (Å²) in [5.41, 5.74) is 1.93. The van der Waals surface area contributed by atoms with Gasteiger partial charge in [-0.25, -0.2) is 9.78 Å². The molecule has 4 heterocycles. The number of hydrogen-bond donors (Lipinski definition) is 3. The number of aromatic nitrogens is 2. The van der Waals surface area contributed by atoms with E-state index in [-0.39, 0.29) is 18.1 Å². The lowest BCUT2D eigenvalue weighted by molar-refractivity contribution is 0.0551. The third-order valence-corrected chi connectivity index (χ3v) is 7.64. The number of ether oxygens (including phenoxy) is 2. The quantitative estimate of drug-likeness (QED) is 0.381. The van der Waals surface area contributed by atoms with Gasteiger partial charge >= 0.3 is 6.09 Å². The predicted octanol–water partition coefficient (Wildman–Crippen LogP) is 4.86. The smallest absolute Gasteiger partial charge is 0.414 e. The zero-order valence-electron chi connectivity index (χ0n) is 21.7. The molecule has 1 fully saturated rings. The van der Waals surface area contributed by atoms with Crippen molar-refractivity contribution in [2.24, 2.45) is 0 Å². The van der Waals surface area contributed by atoms with Gasteiger partial charge in [0.2, 0.25) is 5.95 Å². The van der Waals surface area contributed by atoms with Crippen LogP contribution in [0.4, 0.5) is 33.6 Å². The lowest BCUT2D eigenvalue weighted by Gasteiger charge is -2.31. The topological polar surface area (TPSA) is 121 Å². The average molecular weight is 572 g/mol. The van der Waals surface area contributed by atoms with Crippen molar-refractivity contribution in [3.63, 3.8) is 0 Å². The van der Waals surface area contributed by atoms with E-state index < -0.39 is 0 Å². The largest absolute Gasteiger partial charge is 0.491 e. The Morgan fingerprint density at radius 2 is 2.08 bits per heavy atom. The van der Waals surface area contributed by atoms with Crippen LogP contribution in [0.15, 0.2) is 35.8 Å². The molecular formula is C26H30ClN7O4S. The van der Waals surface area contributed by atoms with Crippen LogP contribution in [0.2, 0.25) is 5.02 Å². The molecule has 1 unspecified atom stereocenters. The van der Waals surface area contributed by atoms with E-state index in [9.17, 15) is 9.59 Å². The SMILES string of the molecule is CNC(=O)c1sccc1Nc1nc(Nc2ccc3c(c2)OCCCN3C(=O)OC2CCCN(C)C2)ncc1Cl. The zero-order valence-corrected chi connectivity index (χ0v) is 23.3. The molecule has 13 heteroatoms. The Morgan fingerprint density at radius 3 is 2.90 bits per heavy atom. The van der Waals surface area contributed by atoms with Gasteiger partial charge in [0.1, 0.15) is 21.8 Å². The van der Waals surface area contributed by atoms with E-state index in [2.05, 4.69) is 30.8 Å². The molecule has 1 aromatic carbocycles. The van der Waals surface area contributed by atoms with Crippen LogP contribution in [0.3, 0.4) is 0 Å². The molecule has 2 aromatic heterocycles. The maximum Gasteiger partial charge on any atom is 0.414 e. The first-order chi connectivity index (χ1) is 18.9. The summed E-state index contributed by atoms with van der Waals surface area (Å²) in [5.74, 6) is 1.01. The number of rotatable bonds is 6. The minimum Gasteiger partial charge on any atom is -0.491 e. The molecule has 1 atom stereocenters. The van der Waals surface area contributed by atoms with Crippen LogP contribution in [0.5, 0.6) is 5.75 Å². The number of nitrogens with one attached hydrogen (secondary N) is 3. The third-order valence-electron chi connectivity index (χ3n) is 6.46. The van der Waals surface area contributed by atoms with E-state index in [1.807, 2.05) is 30.6 Å². The van der Waals surface area contributed by atoms with E-state index in [0.717, 1.165) is 25.9 Å². The average Bonchev–Trinajstić information content (AvgIpc) is 3.28. The van der Waals surface area contributed by atoms with Crippen LogP contribution in [-0.4, -0.2) is 73.3 Å². The number of anilines is 5. The molecule has 0 radical (unpaired) electrons. The molecule has 0 saturated carbocycles. The Labute approximate surface area is 235 Å². The number of amides is 2. The maximum absolute atomic E-state index is 13.1. The van der Waals surface area contributed by atoms with E-state index in [1.54, 1.807) is 18.0 Å². The number of benzene rings is 1. The molecule has 39 heavy (non-hydrogen) atoms. The fourth-order valence-electron chi connectivity index (χ4n) is 4.54. The summed E-state index contributed by atoms with van der Waals surface area (Å²) < 4.78 is 11.8. The number of hydrogen-bond acceptors (Lipinski definition) is 10. The number of carbonyl (C=O) groups is 2.